The number of imidazole rings is 1. The average molecular weight is 533 g/mol. The van der Waals surface area contributed by atoms with E-state index in [4.69, 9.17) is 43.7 Å². The molecule has 5 heterocycles. The molecular formula is C27H20B3F2N5O3. The molecule has 0 spiro atoms. The first-order chi connectivity index (χ1) is 19.0. The van der Waals surface area contributed by atoms with Crippen molar-refractivity contribution < 1.29 is 23.0 Å². The number of ether oxygens (including phenoxy) is 2. The zero-order chi connectivity index (χ0) is 28.0. The first-order valence-electron chi connectivity index (χ1n) is 12.7. The molecule has 2 N–H and O–H groups in total. The van der Waals surface area contributed by atoms with E-state index in [1.165, 1.54) is 23.1 Å². The number of carbonyl (C=O) groups is 1. The van der Waals surface area contributed by atoms with Crippen molar-refractivity contribution in [3.8, 4) is 16.9 Å². The van der Waals surface area contributed by atoms with E-state index in [1.54, 1.807) is 6.20 Å². The van der Waals surface area contributed by atoms with Crippen LogP contribution in [0, 0.1) is 0 Å². The topological polar surface area (TPSA) is 95.5 Å². The van der Waals surface area contributed by atoms with Gasteiger partial charge < -0.3 is 24.7 Å². The number of nitrogens with zero attached hydrogens (tertiary/aromatic N) is 4. The highest BCUT2D eigenvalue weighted by Crippen LogP contribution is 2.51. The predicted octanol–water partition coefficient (Wildman–Crippen LogP) is 2.49. The number of benzene rings is 2. The van der Waals surface area contributed by atoms with Crippen molar-refractivity contribution in [3.63, 3.8) is 0 Å². The lowest BCUT2D eigenvalue weighted by Crippen LogP contribution is -2.54. The van der Waals surface area contributed by atoms with E-state index in [9.17, 15) is 13.6 Å². The zero-order valence-electron chi connectivity index (χ0n) is 21.1. The fraction of sp³-hybridized carbons (Fsp3) is 0.296. The highest BCUT2D eigenvalue weighted by Gasteiger charge is 2.48. The van der Waals surface area contributed by atoms with Crippen molar-refractivity contribution >= 4 is 40.5 Å². The van der Waals surface area contributed by atoms with Crippen LogP contribution in [0.5, 0.6) is 5.75 Å². The lowest BCUT2D eigenvalue weighted by Gasteiger charge is -2.41. The quantitative estimate of drug-likeness (QED) is 0.397. The minimum absolute atomic E-state index is 0.107. The lowest BCUT2D eigenvalue weighted by molar-refractivity contribution is -0.0590. The van der Waals surface area contributed by atoms with Gasteiger partial charge in [-0.05, 0) is 35.9 Å². The molecule has 13 heteroatoms. The van der Waals surface area contributed by atoms with Crippen molar-refractivity contribution in [2.24, 2.45) is 5.73 Å². The summed E-state index contributed by atoms with van der Waals surface area (Å²) in [6.45, 7) is -2.25. The van der Waals surface area contributed by atoms with Gasteiger partial charge >= 0.3 is 6.61 Å². The molecule has 3 aliphatic rings. The van der Waals surface area contributed by atoms with E-state index in [0.717, 1.165) is 22.3 Å². The highest BCUT2D eigenvalue weighted by atomic mass is 19.3. The van der Waals surface area contributed by atoms with Crippen LogP contribution < -0.4 is 10.5 Å². The monoisotopic (exact) mass is 533 g/mol. The molecule has 40 heavy (non-hydrogen) atoms. The first kappa shape index (κ1) is 25.3. The SMILES string of the molecule is [B]C([B])([B])N1C(=O)c2cccc(OC(F)F)c2[C@H]2C[C@@H]1c1nc3ccc(-c4ccc(C5(N)COC5)nc4)cc3n12. The molecule has 0 aliphatic carbocycles. The second-order valence-corrected chi connectivity index (χ2v) is 10.6. The molecule has 1 fully saturated rings. The number of alkyl halides is 2. The number of aromatic nitrogens is 3. The summed E-state index contributed by atoms with van der Waals surface area (Å²) in [5.74, 6) is -0.198. The number of rotatable bonds is 5. The molecule has 8 nitrogen and oxygen atoms in total. The third-order valence-corrected chi connectivity index (χ3v) is 7.89. The Morgan fingerprint density at radius 1 is 1.10 bits per heavy atom. The van der Waals surface area contributed by atoms with Gasteiger partial charge in [0.1, 0.15) is 17.1 Å². The fourth-order valence-corrected chi connectivity index (χ4v) is 6.06. The standard InChI is InChI=1S/C27H20B3F2N5O3/c28-27(29,30)37-19-9-18(22-15(24(37)38)2-1-3-20(22)40-25(31)32)36-17-8-13(4-6-16(17)35-23(19)36)14-5-7-21(34-10-14)26(33)11-39-12-26/h1-8,10,18-19,25H,9,11-12,33H2/t18-,19-/m1/s1. The Kier molecular flexibility index (Phi) is 5.47. The smallest absolute Gasteiger partial charge is 0.387 e. The minimum Gasteiger partial charge on any atom is -0.434 e. The Morgan fingerprint density at radius 3 is 2.52 bits per heavy atom. The van der Waals surface area contributed by atoms with Crippen LogP contribution in [0.4, 0.5) is 8.78 Å². The second kappa shape index (κ2) is 8.65. The van der Waals surface area contributed by atoms with Gasteiger partial charge in [0.25, 0.3) is 5.91 Å². The van der Waals surface area contributed by atoms with Gasteiger partial charge in [-0.15, -0.1) is 0 Å². The van der Waals surface area contributed by atoms with E-state index < -0.39 is 35.4 Å². The number of hydrogen-bond acceptors (Lipinski definition) is 6. The molecule has 0 unspecified atom stereocenters. The summed E-state index contributed by atoms with van der Waals surface area (Å²) < 4.78 is 38.9. The van der Waals surface area contributed by atoms with E-state index in [2.05, 4.69) is 4.98 Å². The van der Waals surface area contributed by atoms with Crippen LogP contribution in [0.25, 0.3) is 22.2 Å². The zero-order valence-corrected chi connectivity index (χ0v) is 21.1. The predicted molar refractivity (Wildman–Crippen MR) is 144 cm³/mol. The Bertz CT molecular complexity index is 1670. The molecule has 7 rings (SSSR count). The van der Waals surface area contributed by atoms with E-state index in [-0.39, 0.29) is 17.7 Å². The summed E-state index contributed by atoms with van der Waals surface area (Å²) in [6.07, 6.45) is 2.03. The molecular weight excluding hydrogens is 513 g/mol. The van der Waals surface area contributed by atoms with Gasteiger partial charge in [-0.2, -0.15) is 8.78 Å². The van der Waals surface area contributed by atoms with E-state index in [0.29, 0.717) is 30.1 Å². The van der Waals surface area contributed by atoms with Crippen molar-refractivity contribution in [3.05, 3.63) is 77.4 Å². The fourth-order valence-electron chi connectivity index (χ4n) is 6.06. The van der Waals surface area contributed by atoms with Gasteiger partial charge in [-0.1, -0.05) is 23.4 Å². The Labute approximate surface area is 232 Å². The summed E-state index contributed by atoms with van der Waals surface area (Å²) in [5, 5.41) is -2.04. The van der Waals surface area contributed by atoms with Crippen LogP contribution >= 0.6 is 0 Å². The van der Waals surface area contributed by atoms with Gasteiger partial charge in [0.2, 0.25) is 0 Å². The van der Waals surface area contributed by atoms with Gasteiger partial charge in [-0.25, -0.2) is 4.98 Å². The number of carbonyl (C=O) groups excluding carboxylic acids is 1. The van der Waals surface area contributed by atoms with Gasteiger partial charge in [0.05, 0.1) is 65.6 Å². The average Bonchev–Trinajstić information content (AvgIpc) is 3.39. The van der Waals surface area contributed by atoms with Crippen LogP contribution in [0.15, 0.2) is 54.7 Å². The second-order valence-electron chi connectivity index (χ2n) is 10.6. The van der Waals surface area contributed by atoms with Crippen LogP contribution in [-0.4, -0.2) is 73.9 Å². The first-order valence-corrected chi connectivity index (χ1v) is 12.7. The molecule has 2 atom stereocenters. The molecule has 2 bridgehead atoms. The molecule has 1 amide bonds. The van der Waals surface area contributed by atoms with E-state index in [1.807, 2.05) is 34.9 Å². The Morgan fingerprint density at radius 2 is 1.88 bits per heavy atom. The van der Waals surface area contributed by atoms with Crippen molar-refractivity contribution in [2.75, 3.05) is 13.2 Å². The van der Waals surface area contributed by atoms with Crippen LogP contribution in [-0.2, 0) is 10.3 Å². The van der Waals surface area contributed by atoms with Gasteiger partial charge in [0, 0.05) is 29.3 Å². The summed E-state index contributed by atoms with van der Waals surface area (Å²) in [6, 6.07) is 12.7. The summed E-state index contributed by atoms with van der Waals surface area (Å²) >= 11 is 0. The molecule has 4 aromatic rings. The molecule has 194 valence electrons. The lowest BCUT2D eigenvalue weighted by atomic mass is 9.48. The number of halogens is 2. The molecule has 0 saturated carbocycles. The van der Waals surface area contributed by atoms with Crippen LogP contribution in [0.1, 0.15) is 45.9 Å². The minimum atomic E-state index is -3.09. The maximum Gasteiger partial charge on any atom is 0.387 e. The van der Waals surface area contributed by atoms with Crippen molar-refractivity contribution in [2.45, 2.75) is 35.9 Å². The summed E-state index contributed by atoms with van der Waals surface area (Å²) in [4.78, 5) is 24.2. The molecule has 1 saturated heterocycles. The molecule has 3 aliphatic heterocycles. The van der Waals surface area contributed by atoms with Gasteiger partial charge in [-0.3, -0.25) is 9.78 Å². The molecule has 2 aromatic heterocycles. The van der Waals surface area contributed by atoms with Crippen molar-refractivity contribution in [1.29, 1.82) is 0 Å². The normalized spacial score (nSPS) is 21.2. The summed E-state index contributed by atoms with van der Waals surface area (Å²) in [7, 11) is 18.3. The number of hydrogen-bond donors (Lipinski definition) is 1. The Hall–Kier alpha value is -3.70. The third-order valence-electron chi connectivity index (χ3n) is 7.89. The molecule has 2 aromatic carbocycles. The number of amides is 1. The van der Waals surface area contributed by atoms with Crippen molar-refractivity contribution in [1.82, 2.24) is 19.4 Å². The number of pyridine rings is 1. The largest absolute Gasteiger partial charge is 0.434 e. The summed E-state index contributed by atoms with van der Waals surface area (Å²) in [5.41, 5.74) is 10.0. The third kappa shape index (κ3) is 3.71. The highest BCUT2D eigenvalue weighted by molar-refractivity contribution is 6.60. The number of nitrogens with two attached hydrogens (primary N) is 1. The maximum absolute atomic E-state index is 13.7. The maximum atomic E-state index is 13.7. The number of fused-ring (bicyclic) bond motifs is 9. The van der Waals surface area contributed by atoms with Crippen LogP contribution in [0.3, 0.4) is 0 Å². The van der Waals surface area contributed by atoms with Crippen LogP contribution in [0.2, 0.25) is 0 Å². The molecule has 6 radical (unpaired) electrons. The van der Waals surface area contributed by atoms with Gasteiger partial charge in [0.15, 0.2) is 0 Å². The Balaban J connectivity index is 1.40. The van der Waals surface area contributed by atoms with E-state index >= 15 is 0 Å².